The first kappa shape index (κ1) is 15.3. The monoisotopic (exact) mass is 355 g/mol. The second-order valence-corrected chi connectivity index (χ2v) is 6.80. The number of carbonyl (C=O) groups is 1. The molecule has 0 saturated heterocycles. The largest absolute Gasteiger partial charge is 0.504 e. The number of nitrogens with zero attached hydrogens (tertiary/aromatic N) is 1. The first-order chi connectivity index (χ1) is 12.5. The average Bonchev–Trinajstić information content (AvgIpc) is 3.21. The number of rotatable bonds is 1. The first-order valence-electron chi connectivity index (χ1n) is 8.43. The zero-order valence-electron chi connectivity index (χ0n) is 14.1. The van der Waals surface area contributed by atoms with Gasteiger partial charge in [-0.3, -0.25) is 4.90 Å². The van der Waals surface area contributed by atoms with Gasteiger partial charge in [-0.2, -0.15) is 0 Å². The Kier molecular flexibility index (Phi) is 3.12. The van der Waals surface area contributed by atoms with Crippen LogP contribution in [0.3, 0.4) is 0 Å². The number of fused-ring (bicyclic) bond motifs is 4. The van der Waals surface area contributed by atoms with Crippen molar-refractivity contribution in [1.29, 1.82) is 0 Å². The zero-order valence-corrected chi connectivity index (χ0v) is 14.1. The summed E-state index contributed by atoms with van der Waals surface area (Å²) in [6.45, 7) is 0.832. The lowest BCUT2D eigenvalue weighted by molar-refractivity contribution is 0.00928. The number of benzene rings is 2. The normalized spacial score (nSPS) is 23.5. The van der Waals surface area contributed by atoms with Crippen LogP contribution in [0.1, 0.15) is 39.2 Å². The van der Waals surface area contributed by atoms with Crippen LogP contribution in [0.5, 0.6) is 23.0 Å². The van der Waals surface area contributed by atoms with Crippen LogP contribution < -0.4 is 9.47 Å². The molecule has 7 nitrogen and oxygen atoms in total. The molecule has 2 atom stereocenters. The molecule has 5 rings (SSSR count). The third-order valence-corrected chi connectivity index (χ3v) is 5.37. The van der Waals surface area contributed by atoms with Gasteiger partial charge in [0.2, 0.25) is 6.79 Å². The van der Waals surface area contributed by atoms with Crippen LogP contribution in [0, 0.1) is 0 Å². The summed E-state index contributed by atoms with van der Waals surface area (Å²) in [7, 11) is 1.95. The number of hydrogen-bond donors (Lipinski definition) is 2. The van der Waals surface area contributed by atoms with Crippen molar-refractivity contribution in [2.24, 2.45) is 0 Å². The molecule has 0 radical (unpaired) electrons. The molecule has 0 aromatic heterocycles. The lowest BCUT2D eigenvalue weighted by Gasteiger charge is -2.37. The fourth-order valence-corrected chi connectivity index (χ4v) is 4.10. The van der Waals surface area contributed by atoms with E-state index in [2.05, 4.69) is 4.90 Å². The number of esters is 1. The Balaban J connectivity index is 1.65. The number of likely N-dealkylation sites (N-methyl/N-ethyl adjacent to an activating group) is 1. The van der Waals surface area contributed by atoms with Gasteiger partial charge in [0, 0.05) is 12.1 Å². The van der Waals surface area contributed by atoms with E-state index in [0.29, 0.717) is 17.1 Å². The Labute approximate surface area is 149 Å². The maximum absolute atomic E-state index is 12.6. The van der Waals surface area contributed by atoms with E-state index < -0.39 is 12.1 Å². The summed E-state index contributed by atoms with van der Waals surface area (Å²) in [5, 5.41) is 19.8. The van der Waals surface area contributed by atoms with Gasteiger partial charge in [-0.1, -0.05) is 6.07 Å². The van der Waals surface area contributed by atoms with Gasteiger partial charge in [0.15, 0.2) is 23.0 Å². The van der Waals surface area contributed by atoms with Crippen molar-refractivity contribution in [3.05, 3.63) is 46.5 Å². The topological polar surface area (TPSA) is 88.5 Å². The molecule has 0 aliphatic carbocycles. The molecule has 0 bridgehead atoms. The highest BCUT2D eigenvalue weighted by Crippen LogP contribution is 2.51. The van der Waals surface area contributed by atoms with Crippen LogP contribution in [-0.4, -0.2) is 41.5 Å². The van der Waals surface area contributed by atoms with Gasteiger partial charge in [-0.25, -0.2) is 4.79 Å². The lowest BCUT2D eigenvalue weighted by atomic mass is 9.86. The highest BCUT2D eigenvalue weighted by atomic mass is 16.7. The maximum Gasteiger partial charge on any atom is 0.343 e. The minimum atomic E-state index is -0.528. The summed E-state index contributed by atoms with van der Waals surface area (Å²) in [5.74, 6) is 0.220. The van der Waals surface area contributed by atoms with Gasteiger partial charge in [-0.05, 0) is 42.8 Å². The van der Waals surface area contributed by atoms with Crippen molar-refractivity contribution in [1.82, 2.24) is 4.90 Å². The van der Waals surface area contributed by atoms with E-state index in [1.165, 1.54) is 0 Å². The van der Waals surface area contributed by atoms with Crippen molar-refractivity contribution in [3.8, 4) is 23.0 Å². The number of phenolic OH excluding ortho intramolecular Hbond substituents is 2. The second kappa shape index (κ2) is 5.28. The SMILES string of the molecule is CN1CCc2cc(O)c(O)cc2[C@H]1[C@@H]1OC(=O)c2c1ccc1c2OCO1. The molecule has 3 aliphatic rings. The van der Waals surface area contributed by atoms with Crippen LogP contribution in [0.2, 0.25) is 0 Å². The fourth-order valence-electron chi connectivity index (χ4n) is 4.10. The number of cyclic esters (lactones) is 1. The van der Waals surface area contributed by atoms with E-state index in [9.17, 15) is 15.0 Å². The predicted molar refractivity (Wildman–Crippen MR) is 89.6 cm³/mol. The molecule has 2 N–H and O–H groups in total. The van der Waals surface area contributed by atoms with Crippen molar-refractivity contribution in [2.45, 2.75) is 18.6 Å². The first-order valence-corrected chi connectivity index (χ1v) is 8.43. The molecule has 0 amide bonds. The van der Waals surface area contributed by atoms with E-state index in [4.69, 9.17) is 14.2 Å². The summed E-state index contributed by atoms with van der Waals surface area (Å²) in [5.41, 5.74) is 2.94. The summed E-state index contributed by atoms with van der Waals surface area (Å²) >= 11 is 0. The molecule has 0 saturated carbocycles. The number of hydrogen-bond acceptors (Lipinski definition) is 7. The number of phenols is 2. The van der Waals surface area contributed by atoms with Crippen LogP contribution in [0.25, 0.3) is 0 Å². The molecule has 134 valence electrons. The molecule has 0 spiro atoms. The fraction of sp³-hybridized carbons (Fsp3) is 0.316. The van der Waals surface area contributed by atoms with E-state index >= 15 is 0 Å². The number of carbonyl (C=O) groups excluding carboxylic acids is 1. The quantitative estimate of drug-likeness (QED) is 0.599. The minimum absolute atomic E-state index is 0.0864. The summed E-state index contributed by atoms with van der Waals surface area (Å²) in [6.07, 6.45) is 0.213. The van der Waals surface area contributed by atoms with Gasteiger partial charge >= 0.3 is 5.97 Å². The number of aromatic hydroxyl groups is 2. The Morgan fingerprint density at radius 1 is 1.12 bits per heavy atom. The molecule has 0 unspecified atom stereocenters. The van der Waals surface area contributed by atoms with Gasteiger partial charge in [-0.15, -0.1) is 0 Å². The van der Waals surface area contributed by atoms with Crippen LogP contribution in [0.4, 0.5) is 0 Å². The Morgan fingerprint density at radius 2 is 1.92 bits per heavy atom. The van der Waals surface area contributed by atoms with Crippen molar-refractivity contribution >= 4 is 5.97 Å². The highest BCUT2D eigenvalue weighted by molar-refractivity contribution is 5.98. The Hall–Kier alpha value is -2.93. The standard InChI is InChI=1S/C19H17NO6/c1-20-5-4-9-6-12(21)13(22)7-11(9)16(20)17-10-2-3-14-18(25-8-24-14)15(10)19(23)26-17/h2-3,6-7,16-17,21-22H,4-5,8H2,1H3/t16-,17+/m0/s1. The molecule has 26 heavy (non-hydrogen) atoms. The smallest absolute Gasteiger partial charge is 0.343 e. The molecular formula is C19H17NO6. The minimum Gasteiger partial charge on any atom is -0.504 e. The molecule has 0 fully saturated rings. The third kappa shape index (κ3) is 2.00. The van der Waals surface area contributed by atoms with Crippen LogP contribution in [-0.2, 0) is 11.2 Å². The highest BCUT2D eigenvalue weighted by Gasteiger charge is 2.44. The zero-order chi connectivity index (χ0) is 18.0. The van der Waals surface area contributed by atoms with Crippen LogP contribution >= 0.6 is 0 Å². The summed E-state index contributed by atoms with van der Waals surface area (Å²) in [4.78, 5) is 14.6. The second-order valence-electron chi connectivity index (χ2n) is 6.80. The van der Waals surface area contributed by atoms with E-state index in [1.807, 2.05) is 13.1 Å². The number of ether oxygens (including phenoxy) is 3. The predicted octanol–water partition coefficient (Wildman–Crippen LogP) is 2.27. The van der Waals surface area contributed by atoms with Crippen molar-refractivity contribution in [3.63, 3.8) is 0 Å². The molecule has 2 aromatic carbocycles. The van der Waals surface area contributed by atoms with E-state index in [1.54, 1.807) is 18.2 Å². The van der Waals surface area contributed by atoms with Gasteiger partial charge in [0.25, 0.3) is 0 Å². The van der Waals surface area contributed by atoms with E-state index in [-0.39, 0.29) is 24.3 Å². The molecule has 7 heteroatoms. The lowest BCUT2D eigenvalue weighted by Crippen LogP contribution is -2.35. The third-order valence-electron chi connectivity index (χ3n) is 5.37. The summed E-state index contributed by atoms with van der Waals surface area (Å²) < 4.78 is 16.6. The molecule has 2 aromatic rings. The molecule has 3 aliphatic heterocycles. The van der Waals surface area contributed by atoms with Crippen LogP contribution in [0.15, 0.2) is 24.3 Å². The van der Waals surface area contributed by atoms with Gasteiger partial charge in [0.05, 0.1) is 6.04 Å². The van der Waals surface area contributed by atoms with Gasteiger partial charge < -0.3 is 24.4 Å². The van der Waals surface area contributed by atoms with Gasteiger partial charge in [0.1, 0.15) is 11.7 Å². The maximum atomic E-state index is 12.6. The molecule has 3 heterocycles. The molecular weight excluding hydrogens is 338 g/mol. The van der Waals surface area contributed by atoms with Crippen molar-refractivity contribution in [2.75, 3.05) is 20.4 Å². The Bertz CT molecular complexity index is 940. The van der Waals surface area contributed by atoms with Crippen molar-refractivity contribution < 1.29 is 29.2 Å². The summed E-state index contributed by atoms with van der Waals surface area (Å²) in [6, 6.07) is 6.50. The average molecular weight is 355 g/mol. The Morgan fingerprint density at radius 3 is 2.77 bits per heavy atom. The van der Waals surface area contributed by atoms with E-state index in [0.717, 1.165) is 29.7 Å².